The Labute approximate surface area is 142 Å². The van der Waals surface area contributed by atoms with E-state index in [0.29, 0.717) is 30.3 Å². The maximum absolute atomic E-state index is 12.4. The largest absolute Gasteiger partial charge is 0.490 e. The summed E-state index contributed by atoms with van der Waals surface area (Å²) in [5, 5.41) is 11.2. The van der Waals surface area contributed by atoms with Crippen molar-refractivity contribution >= 4 is 23.2 Å². The molecule has 1 aromatic heterocycles. The number of ketones is 1. The molecule has 2 heterocycles. The van der Waals surface area contributed by atoms with Crippen LogP contribution in [-0.4, -0.2) is 34.7 Å². The molecule has 0 amide bonds. The van der Waals surface area contributed by atoms with Crippen LogP contribution >= 0.6 is 11.8 Å². The predicted octanol–water partition coefficient (Wildman–Crippen LogP) is 3.13. The van der Waals surface area contributed by atoms with Crippen molar-refractivity contribution in [1.29, 1.82) is 0 Å². The van der Waals surface area contributed by atoms with Crippen molar-refractivity contribution in [1.82, 2.24) is 4.98 Å². The highest BCUT2D eigenvalue weighted by atomic mass is 32.2. The molecule has 24 heavy (non-hydrogen) atoms. The number of nitrogens with zero attached hydrogens (tertiary/aromatic N) is 2. The number of benzene rings is 1. The standard InChI is InChI=1S/C16H14N2O5S/c19-13(10-24-16-12(18(20)21)3-1-6-17-16)11-4-5-14-15(9-11)23-8-2-7-22-14/h1,3-6,9H,2,7-8,10H2. The molecular formula is C16H14N2O5S. The molecule has 0 unspecified atom stereocenters. The molecule has 0 spiro atoms. The molecule has 0 radical (unpaired) electrons. The molecule has 0 aliphatic carbocycles. The maximum Gasteiger partial charge on any atom is 0.301 e. The highest BCUT2D eigenvalue weighted by Crippen LogP contribution is 2.32. The van der Waals surface area contributed by atoms with E-state index in [4.69, 9.17) is 9.47 Å². The van der Waals surface area contributed by atoms with E-state index >= 15 is 0 Å². The molecule has 8 heteroatoms. The fraction of sp³-hybridized carbons (Fsp3) is 0.250. The van der Waals surface area contributed by atoms with Gasteiger partial charge in [-0.25, -0.2) is 4.98 Å². The van der Waals surface area contributed by atoms with Crippen LogP contribution in [0.15, 0.2) is 41.6 Å². The molecular weight excluding hydrogens is 332 g/mol. The van der Waals surface area contributed by atoms with Crippen molar-refractivity contribution in [3.05, 3.63) is 52.2 Å². The molecule has 1 aliphatic rings. The molecule has 7 nitrogen and oxygen atoms in total. The van der Waals surface area contributed by atoms with Gasteiger partial charge in [0.25, 0.3) is 0 Å². The van der Waals surface area contributed by atoms with Gasteiger partial charge < -0.3 is 9.47 Å². The van der Waals surface area contributed by atoms with Gasteiger partial charge >= 0.3 is 5.69 Å². The number of rotatable bonds is 5. The Morgan fingerprint density at radius 1 is 1.25 bits per heavy atom. The predicted molar refractivity (Wildman–Crippen MR) is 88.0 cm³/mol. The minimum Gasteiger partial charge on any atom is -0.490 e. The van der Waals surface area contributed by atoms with Gasteiger partial charge in [0.2, 0.25) is 0 Å². The zero-order valence-corrected chi connectivity index (χ0v) is 13.5. The third kappa shape index (κ3) is 3.65. The Hall–Kier alpha value is -2.61. The molecule has 0 bridgehead atoms. The fourth-order valence-corrected chi connectivity index (χ4v) is 3.05. The number of carbonyl (C=O) groups is 1. The highest BCUT2D eigenvalue weighted by Gasteiger charge is 2.18. The zero-order chi connectivity index (χ0) is 16.9. The summed E-state index contributed by atoms with van der Waals surface area (Å²) in [6, 6.07) is 7.89. The average molecular weight is 346 g/mol. The minimum atomic E-state index is -0.507. The van der Waals surface area contributed by atoms with Crippen molar-refractivity contribution in [3.8, 4) is 11.5 Å². The van der Waals surface area contributed by atoms with E-state index in [1.807, 2.05) is 0 Å². The second-order valence-electron chi connectivity index (χ2n) is 5.01. The van der Waals surface area contributed by atoms with Crippen molar-refractivity contribution in [3.63, 3.8) is 0 Å². The summed E-state index contributed by atoms with van der Waals surface area (Å²) in [5.74, 6) is 1.07. The van der Waals surface area contributed by atoms with E-state index in [1.165, 1.54) is 18.3 Å². The van der Waals surface area contributed by atoms with E-state index in [2.05, 4.69) is 4.98 Å². The summed E-state index contributed by atoms with van der Waals surface area (Å²) in [7, 11) is 0. The van der Waals surface area contributed by atoms with E-state index < -0.39 is 4.92 Å². The number of ether oxygens (including phenoxy) is 2. The monoisotopic (exact) mass is 346 g/mol. The molecule has 3 rings (SSSR count). The first-order chi connectivity index (χ1) is 11.6. The first-order valence-corrected chi connectivity index (χ1v) is 8.29. The Bertz CT molecular complexity index is 781. The number of nitro groups is 1. The number of fused-ring (bicyclic) bond motifs is 1. The number of hydrogen-bond donors (Lipinski definition) is 0. The molecule has 124 valence electrons. The summed E-state index contributed by atoms with van der Waals surface area (Å²) in [6.07, 6.45) is 2.25. The van der Waals surface area contributed by atoms with Gasteiger partial charge in [0, 0.05) is 24.2 Å². The molecule has 0 fully saturated rings. The number of pyridine rings is 1. The van der Waals surface area contributed by atoms with E-state index in [0.717, 1.165) is 18.2 Å². The number of thioether (sulfide) groups is 1. The third-order valence-electron chi connectivity index (χ3n) is 3.36. The van der Waals surface area contributed by atoms with Crippen LogP contribution in [0.4, 0.5) is 5.69 Å². The van der Waals surface area contributed by atoms with Gasteiger partial charge in [0.1, 0.15) is 0 Å². The maximum atomic E-state index is 12.4. The van der Waals surface area contributed by atoms with Crippen LogP contribution < -0.4 is 9.47 Å². The molecule has 0 N–H and O–H groups in total. The Balaban J connectivity index is 1.72. The summed E-state index contributed by atoms with van der Waals surface area (Å²) in [6.45, 7) is 1.12. The Morgan fingerprint density at radius 3 is 2.83 bits per heavy atom. The van der Waals surface area contributed by atoms with E-state index in [1.54, 1.807) is 18.2 Å². The van der Waals surface area contributed by atoms with Gasteiger partial charge in [-0.2, -0.15) is 0 Å². The second kappa shape index (κ2) is 7.31. The van der Waals surface area contributed by atoms with Crippen molar-refractivity contribution in [2.24, 2.45) is 0 Å². The van der Waals surface area contributed by atoms with Crippen molar-refractivity contribution < 1.29 is 19.2 Å². The molecule has 1 aromatic carbocycles. The fourth-order valence-electron chi connectivity index (χ4n) is 2.19. The van der Waals surface area contributed by atoms with Gasteiger partial charge in [-0.05, 0) is 24.3 Å². The van der Waals surface area contributed by atoms with Crippen LogP contribution in [0.2, 0.25) is 0 Å². The summed E-state index contributed by atoms with van der Waals surface area (Å²) in [4.78, 5) is 26.8. The Morgan fingerprint density at radius 2 is 2.04 bits per heavy atom. The second-order valence-corrected chi connectivity index (χ2v) is 5.97. The number of hydrogen-bond acceptors (Lipinski definition) is 7. The molecule has 0 saturated carbocycles. The highest BCUT2D eigenvalue weighted by molar-refractivity contribution is 8.00. The lowest BCUT2D eigenvalue weighted by atomic mass is 10.1. The van der Waals surface area contributed by atoms with Gasteiger partial charge in [-0.15, -0.1) is 0 Å². The first kappa shape index (κ1) is 16.3. The lowest BCUT2D eigenvalue weighted by Crippen LogP contribution is -2.04. The van der Waals surface area contributed by atoms with Crippen LogP contribution in [0, 0.1) is 10.1 Å². The average Bonchev–Trinajstić information content (AvgIpc) is 2.84. The van der Waals surface area contributed by atoms with Crippen LogP contribution in [0.1, 0.15) is 16.8 Å². The number of Topliss-reactive ketones (excluding diaryl/α,β-unsaturated/α-hetero) is 1. The normalized spacial score (nSPS) is 13.2. The zero-order valence-electron chi connectivity index (χ0n) is 12.6. The minimum absolute atomic E-state index is 0.0531. The SMILES string of the molecule is O=C(CSc1ncccc1[N+](=O)[O-])c1ccc2c(c1)OCCCO2. The van der Waals surface area contributed by atoms with Crippen LogP contribution in [-0.2, 0) is 0 Å². The van der Waals surface area contributed by atoms with Crippen LogP contribution in [0.25, 0.3) is 0 Å². The smallest absolute Gasteiger partial charge is 0.301 e. The first-order valence-electron chi connectivity index (χ1n) is 7.30. The van der Waals surface area contributed by atoms with Crippen LogP contribution in [0.5, 0.6) is 11.5 Å². The van der Waals surface area contributed by atoms with Crippen molar-refractivity contribution in [2.75, 3.05) is 19.0 Å². The quantitative estimate of drug-likeness (QED) is 0.355. The van der Waals surface area contributed by atoms with Gasteiger partial charge in [-0.3, -0.25) is 14.9 Å². The van der Waals surface area contributed by atoms with Gasteiger partial charge in [0.05, 0.1) is 23.9 Å². The van der Waals surface area contributed by atoms with E-state index in [9.17, 15) is 14.9 Å². The third-order valence-corrected chi connectivity index (χ3v) is 4.35. The summed E-state index contributed by atoms with van der Waals surface area (Å²) in [5.41, 5.74) is 0.374. The Kier molecular flexibility index (Phi) is 4.95. The van der Waals surface area contributed by atoms with Gasteiger partial charge in [0.15, 0.2) is 22.3 Å². The topological polar surface area (TPSA) is 91.6 Å². The number of carbonyl (C=O) groups excluding carboxylic acids is 1. The summed E-state index contributed by atoms with van der Waals surface area (Å²) < 4.78 is 11.1. The molecule has 0 saturated heterocycles. The molecule has 0 atom stereocenters. The van der Waals surface area contributed by atoms with Gasteiger partial charge in [-0.1, -0.05) is 11.8 Å². The lowest BCUT2D eigenvalue weighted by Gasteiger charge is -2.08. The van der Waals surface area contributed by atoms with Crippen LogP contribution in [0.3, 0.4) is 0 Å². The number of aromatic nitrogens is 1. The summed E-state index contributed by atoms with van der Waals surface area (Å²) >= 11 is 1.05. The lowest BCUT2D eigenvalue weighted by molar-refractivity contribution is -0.388. The molecule has 2 aromatic rings. The van der Waals surface area contributed by atoms with Crippen molar-refractivity contribution in [2.45, 2.75) is 11.4 Å². The van der Waals surface area contributed by atoms with E-state index in [-0.39, 0.29) is 22.2 Å². The molecule has 1 aliphatic heterocycles.